The lowest BCUT2D eigenvalue weighted by molar-refractivity contribution is 0.0783. The van der Waals surface area contributed by atoms with E-state index < -0.39 is 10.0 Å². The molecule has 3 rings (SSSR count). The number of hydrogen-bond acceptors (Lipinski definition) is 4. The first-order chi connectivity index (χ1) is 10.8. The van der Waals surface area contributed by atoms with Crippen LogP contribution in [0.5, 0.6) is 0 Å². The first-order valence-corrected chi connectivity index (χ1v) is 9.28. The Bertz CT molecular complexity index is 869. The lowest BCUT2D eigenvalue weighted by atomic mass is 10.2. The van der Waals surface area contributed by atoms with E-state index >= 15 is 0 Å². The molecular weight excluding hydrogens is 338 g/mol. The predicted octanol–water partition coefficient (Wildman–Crippen LogP) is 1.64. The maximum absolute atomic E-state index is 12.6. The van der Waals surface area contributed by atoms with Gasteiger partial charge in [-0.2, -0.15) is 0 Å². The number of carbonyl (C=O) groups is 1. The van der Waals surface area contributed by atoms with Gasteiger partial charge in [0.1, 0.15) is 5.69 Å². The summed E-state index contributed by atoms with van der Waals surface area (Å²) >= 11 is 6.12. The van der Waals surface area contributed by atoms with Gasteiger partial charge >= 0.3 is 0 Å². The number of para-hydroxylation sites is 1. The number of nitrogens with zero attached hydrogens (tertiary/aromatic N) is 2. The van der Waals surface area contributed by atoms with Gasteiger partial charge in [-0.15, -0.1) is 0 Å². The van der Waals surface area contributed by atoms with Crippen LogP contribution in [-0.4, -0.2) is 43.1 Å². The van der Waals surface area contributed by atoms with Crippen molar-refractivity contribution in [1.29, 1.82) is 0 Å². The summed E-state index contributed by atoms with van der Waals surface area (Å²) in [6.45, 7) is 0.874. The van der Waals surface area contributed by atoms with E-state index in [1.807, 2.05) is 12.1 Å². The molecule has 2 N–H and O–H groups in total. The number of rotatable bonds is 3. The number of amides is 1. The Labute approximate surface area is 139 Å². The second-order valence-corrected chi connectivity index (χ2v) is 7.81. The van der Waals surface area contributed by atoms with Crippen LogP contribution in [0.15, 0.2) is 30.3 Å². The summed E-state index contributed by atoms with van der Waals surface area (Å²) in [5, 5.41) is 6.42. The van der Waals surface area contributed by atoms with E-state index in [1.165, 1.54) is 0 Å². The number of primary sulfonamides is 1. The average molecular weight is 354 g/mol. The van der Waals surface area contributed by atoms with E-state index in [9.17, 15) is 13.2 Å². The second-order valence-electron chi connectivity index (χ2n) is 5.74. The molecule has 2 aromatic rings. The Morgan fingerprint density at radius 1 is 1.35 bits per heavy atom. The number of halogens is 1. The summed E-state index contributed by atoms with van der Waals surface area (Å²) < 4.78 is 22.3. The van der Waals surface area contributed by atoms with Gasteiger partial charge in [-0.05, 0) is 24.5 Å². The molecule has 8 heteroatoms. The van der Waals surface area contributed by atoms with E-state index in [0.717, 1.165) is 5.39 Å². The molecule has 1 saturated heterocycles. The number of likely N-dealkylation sites (tertiary alicyclic amines) is 1. The smallest absolute Gasteiger partial charge is 0.272 e. The quantitative estimate of drug-likeness (QED) is 0.907. The van der Waals surface area contributed by atoms with Crippen LogP contribution >= 0.6 is 11.6 Å². The minimum absolute atomic E-state index is 0.103. The van der Waals surface area contributed by atoms with Gasteiger partial charge < -0.3 is 4.90 Å². The summed E-state index contributed by atoms with van der Waals surface area (Å²) in [5.41, 5.74) is 0.891. The molecule has 1 aliphatic rings. The molecule has 1 aromatic heterocycles. The Morgan fingerprint density at radius 2 is 2.13 bits per heavy atom. The van der Waals surface area contributed by atoms with Crippen molar-refractivity contribution < 1.29 is 13.2 Å². The van der Waals surface area contributed by atoms with E-state index in [1.54, 1.807) is 23.1 Å². The maximum Gasteiger partial charge on any atom is 0.272 e. The van der Waals surface area contributed by atoms with Crippen molar-refractivity contribution in [3.63, 3.8) is 0 Å². The van der Waals surface area contributed by atoms with E-state index in [2.05, 4.69) is 4.98 Å². The zero-order valence-corrected chi connectivity index (χ0v) is 13.8. The van der Waals surface area contributed by atoms with Crippen LogP contribution in [0.3, 0.4) is 0 Å². The minimum Gasteiger partial charge on any atom is -0.337 e. The van der Waals surface area contributed by atoms with Gasteiger partial charge in [0.25, 0.3) is 5.91 Å². The van der Waals surface area contributed by atoms with Crippen molar-refractivity contribution in [2.75, 3.05) is 18.8 Å². The highest BCUT2D eigenvalue weighted by Crippen LogP contribution is 2.23. The number of nitrogens with two attached hydrogens (primary N) is 1. The fourth-order valence-corrected chi connectivity index (χ4v) is 4.03. The van der Waals surface area contributed by atoms with Crippen LogP contribution in [0.1, 0.15) is 16.9 Å². The molecule has 0 saturated carbocycles. The molecule has 6 nitrogen and oxygen atoms in total. The Kier molecular flexibility index (Phi) is 4.27. The Morgan fingerprint density at radius 3 is 2.87 bits per heavy atom. The van der Waals surface area contributed by atoms with Crippen molar-refractivity contribution in [3.05, 3.63) is 41.0 Å². The zero-order valence-electron chi connectivity index (χ0n) is 12.3. The molecule has 1 atom stereocenters. The number of hydrogen-bond donors (Lipinski definition) is 1. The van der Waals surface area contributed by atoms with Gasteiger partial charge in [-0.1, -0.05) is 29.8 Å². The van der Waals surface area contributed by atoms with Gasteiger partial charge in [0.15, 0.2) is 0 Å². The third kappa shape index (κ3) is 3.63. The topological polar surface area (TPSA) is 93.4 Å². The lowest BCUT2D eigenvalue weighted by Crippen LogP contribution is -2.31. The van der Waals surface area contributed by atoms with Gasteiger partial charge in [-0.3, -0.25) is 4.79 Å². The Hall–Kier alpha value is -1.70. The lowest BCUT2D eigenvalue weighted by Gasteiger charge is -2.16. The maximum atomic E-state index is 12.6. The highest BCUT2D eigenvalue weighted by atomic mass is 35.5. The van der Waals surface area contributed by atoms with Crippen LogP contribution < -0.4 is 5.14 Å². The number of benzene rings is 1. The van der Waals surface area contributed by atoms with Crippen molar-refractivity contribution in [3.8, 4) is 0 Å². The van der Waals surface area contributed by atoms with Gasteiger partial charge in [0, 0.05) is 18.5 Å². The Balaban J connectivity index is 1.80. The first kappa shape index (κ1) is 16.2. The monoisotopic (exact) mass is 353 g/mol. The van der Waals surface area contributed by atoms with Crippen LogP contribution in [0.4, 0.5) is 0 Å². The van der Waals surface area contributed by atoms with Crippen molar-refractivity contribution in [1.82, 2.24) is 9.88 Å². The van der Waals surface area contributed by atoms with E-state index in [0.29, 0.717) is 35.7 Å². The predicted molar refractivity (Wildman–Crippen MR) is 88.7 cm³/mol. The van der Waals surface area contributed by atoms with Crippen LogP contribution in [0, 0.1) is 5.92 Å². The molecule has 1 aromatic carbocycles. The zero-order chi connectivity index (χ0) is 16.6. The molecule has 122 valence electrons. The number of aromatic nitrogens is 1. The minimum atomic E-state index is -3.53. The SMILES string of the molecule is NS(=O)(=O)CC1CCN(C(=O)c2ccc3cccc(Cl)c3n2)C1. The van der Waals surface area contributed by atoms with Gasteiger partial charge in [-0.25, -0.2) is 18.5 Å². The first-order valence-electron chi connectivity index (χ1n) is 7.18. The molecule has 0 spiro atoms. The molecule has 2 heterocycles. The summed E-state index contributed by atoms with van der Waals surface area (Å²) in [6.07, 6.45) is 0.622. The fraction of sp³-hybridized carbons (Fsp3) is 0.333. The highest BCUT2D eigenvalue weighted by Gasteiger charge is 2.29. The normalized spacial score (nSPS) is 18.5. The summed E-state index contributed by atoms with van der Waals surface area (Å²) in [6, 6.07) is 8.89. The second kappa shape index (κ2) is 6.07. The molecule has 23 heavy (non-hydrogen) atoms. The number of carbonyl (C=O) groups excluding carboxylic acids is 1. The molecule has 0 bridgehead atoms. The summed E-state index contributed by atoms with van der Waals surface area (Å²) in [5.74, 6) is -0.449. The molecule has 0 radical (unpaired) electrons. The molecule has 1 fully saturated rings. The summed E-state index contributed by atoms with van der Waals surface area (Å²) in [4.78, 5) is 18.5. The number of pyridine rings is 1. The standard InChI is InChI=1S/C15H16ClN3O3S/c16-12-3-1-2-11-4-5-13(18-14(11)12)15(20)19-7-6-10(8-19)9-23(17,21)22/h1-5,10H,6-9H2,(H2,17,21,22). The van der Waals surface area contributed by atoms with Crippen molar-refractivity contribution in [2.45, 2.75) is 6.42 Å². The van der Waals surface area contributed by atoms with Gasteiger partial charge in [0.2, 0.25) is 10.0 Å². The number of fused-ring (bicyclic) bond motifs is 1. The van der Waals surface area contributed by atoms with Crippen molar-refractivity contribution >= 4 is 38.4 Å². The van der Waals surface area contributed by atoms with E-state index in [4.69, 9.17) is 16.7 Å². The third-order valence-corrected chi connectivity index (χ3v) is 5.17. The van der Waals surface area contributed by atoms with Gasteiger partial charge in [0.05, 0.1) is 16.3 Å². The molecule has 1 amide bonds. The largest absolute Gasteiger partial charge is 0.337 e. The molecule has 1 aliphatic heterocycles. The van der Waals surface area contributed by atoms with Crippen LogP contribution in [0.25, 0.3) is 10.9 Å². The molecular formula is C15H16ClN3O3S. The third-order valence-electron chi connectivity index (χ3n) is 3.93. The van der Waals surface area contributed by atoms with E-state index in [-0.39, 0.29) is 17.6 Å². The number of sulfonamides is 1. The van der Waals surface area contributed by atoms with Crippen LogP contribution in [0.2, 0.25) is 5.02 Å². The molecule has 1 unspecified atom stereocenters. The summed E-state index contributed by atoms with van der Waals surface area (Å²) in [7, 11) is -3.53. The fourth-order valence-electron chi connectivity index (χ4n) is 2.87. The average Bonchev–Trinajstić information content (AvgIpc) is 2.93. The van der Waals surface area contributed by atoms with Crippen molar-refractivity contribution in [2.24, 2.45) is 11.1 Å². The van der Waals surface area contributed by atoms with Crippen LogP contribution in [-0.2, 0) is 10.0 Å². The molecule has 0 aliphatic carbocycles. The highest BCUT2D eigenvalue weighted by molar-refractivity contribution is 7.89.